The SMILES string of the molecule is CN(C)CCNCCCN1CCCC1. The van der Waals surface area contributed by atoms with Gasteiger partial charge in [-0.3, -0.25) is 0 Å². The third-order valence-electron chi connectivity index (χ3n) is 2.76. The zero-order chi connectivity index (χ0) is 10.2. The van der Waals surface area contributed by atoms with Crippen molar-refractivity contribution in [2.45, 2.75) is 19.3 Å². The Hall–Kier alpha value is -0.120. The molecule has 1 saturated heterocycles. The van der Waals surface area contributed by atoms with Crippen molar-refractivity contribution >= 4 is 0 Å². The van der Waals surface area contributed by atoms with Gasteiger partial charge >= 0.3 is 0 Å². The number of hydrogen-bond acceptors (Lipinski definition) is 3. The molecule has 0 radical (unpaired) electrons. The van der Waals surface area contributed by atoms with Gasteiger partial charge in [-0.15, -0.1) is 0 Å². The molecule has 1 aliphatic rings. The lowest BCUT2D eigenvalue weighted by atomic mass is 10.4. The van der Waals surface area contributed by atoms with Crippen LogP contribution < -0.4 is 5.32 Å². The van der Waals surface area contributed by atoms with Crippen LogP contribution in [-0.2, 0) is 0 Å². The summed E-state index contributed by atoms with van der Waals surface area (Å²) in [6, 6.07) is 0. The van der Waals surface area contributed by atoms with Crippen molar-refractivity contribution in [3.05, 3.63) is 0 Å². The second kappa shape index (κ2) is 7.21. The van der Waals surface area contributed by atoms with Crippen molar-refractivity contribution in [2.75, 3.05) is 53.4 Å². The quantitative estimate of drug-likeness (QED) is 0.607. The third kappa shape index (κ3) is 5.58. The zero-order valence-corrected chi connectivity index (χ0v) is 9.76. The van der Waals surface area contributed by atoms with E-state index < -0.39 is 0 Å². The molecule has 84 valence electrons. The second-order valence-electron chi connectivity index (χ2n) is 4.46. The minimum absolute atomic E-state index is 1.12. The highest BCUT2D eigenvalue weighted by atomic mass is 15.1. The van der Waals surface area contributed by atoms with Gasteiger partial charge in [0, 0.05) is 13.1 Å². The molecule has 0 bridgehead atoms. The molecule has 1 fully saturated rings. The molecule has 0 aromatic carbocycles. The first kappa shape index (κ1) is 12.0. The maximum Gasteiger partial charge on any atom is 0.0101 e. The Balaban J connectivity index is 1.79. The van der Waals surface area contributed by atoms with E-state index in [1.54, 1.807) is 0 Å². The van der Waals surface area contributed by atoms with Crippen LogP contribution in [0.25, 0.3) is 0 Å². The maximum atomic E-state index is 3.47. The summed E-state index contributed by atoms with van der Waals surface area (Å²) in [7, 11) is 4.23. The van der Waals surface area contributed by atoms with Gasteiger partial charge in [0.1, 0.15) is 0 Å². The molecule has 0 saturated carbocycles. The Labute approximate surface area is 88.5 Å². The summed E-state index contributed by atoms with van der Waals surface area (Å²) in [6.07, 6.45) is 4.12. The van der Waals surface area contributed by atoms with E-state index in [-0.39, 0.29) is 0 Å². The van der Waals surface area contributed by atoms with E-state index in [0.29, 0.717) is 0 Å². The zero-order valence-electron chi connectivity index (χ0n) is 9.76. The topological polar surface area (TPSA) is 18.5 Å². The molecule has 0 unspecified atom stereocenters. The fourth-order valence-electron chi connectivity index (χ4n) is 1.86. The van der Waals surface area contributed by atoms with Crippen LogP contribution in [0.5, 0.6) is 0 Å². The summed E-state index contributed by atoms with van der Waals surface area (Å²) in [5, 5.41) is 3.47. The molecule has 1 aliphatic heterocycles. The highest BCUT2D eigenvalue weighted by Crippen LogP contribution is 2.06. The number of hydrogen-bond donors (Lipinski definition) is 1. The average Bonchev–Trinajstić information content (AvgIpc) is 2.63. The van der Waals surface area contributed by atoms with Gasteiger partial charge in [0.2, 0.25) is 0 Å². The molecular weight excluding hydrogens is 174 g/mol. The largest absolute Gasteiger partial charge is 0.315 e. The molecule has 3 heteroatoms. The fourth-order valence-corrected chi connectivity index (χ4v) is 1.86. The Morgan fingerprint density at radius 1 is 1.14 bits per heavy atom. The van der Waals surface area contributed by atoms with Gasteiger partial charge in [0.05, 0.1) is 0 Å². The van der Waals surface area contributed by atoms with Crippen molar-refractivity contribution in [3.8, 4) is 0 Å². The Morgan fingerprint density at radius 2 is 1.86 bits per heavy atom. The summed E-state index contributed by atoms with van der Waals surface area (Å²) in [6.45, 7) is 7.38. The van der Waals surface area contributed by atoms with E-state index in [2.05, 4.69) is 29.2 Å². The summed E-state index contributed by atoms with van der Waals surface area (Å²) in [5.41, 5.74) is 0. The summed E-state index contributed by atoms with van der Waals surface area (Å²) in [4.78, 5) is 4.79. The average molecular weight is 199 g/mol. The van der Waals surface area contributed by atoms with E-state index >= 15 is 0 Å². The molecule has 0 atom stereocenters. The number of nitrogens with zero attached hydrogens (tertiary/aromatic N) is 2. The van der Waals surface area contributed by atoms with Crippen LogP contribution in [-0.4, -0.2) is 63.2 Å². The van der Waals surface area contributed by atoms with Crippen LogP contribution in [0.15, 0.2) is 0 Å². The second-order valence-corrected chi connectivity index (χ2v) is 4.46. The lowest BCUT2D eigenvalue weighted by molar-refractivity contribution is 0.328. The van der Waals surface area contributed by atoms with E-state index in [1.807, 2.05) is 0 Å². The normalized spacial score (nSPS) is 18.2. The summed E-state index contributed by atoms with van der Waals surface area (Å²) >= 11 is 0. The third-order valence-corrected chi connectivity index (χ3v) is 2.76. The molecule has 0 aromatic rings. The number of likely N-dealkylation sites (N-methyl/N-ethyl adjacent to an activating group) is 1. The van der Waals surface area contributed by atoms with E-state index in [0.717, 1.165) is 13.1 Å². The molecule has 1 N–H and O–H groups in total. The van der Waals surface area contributed by atoms with Crippen LogP contribution in [0.2, 0.25) is 0 Å². The predicted molar refractivity (Wildman–Crippen MR) is 61.7 cm³/mol. The molecule has 1 rings (SSSR count). The molecule has 1 heterocycles. The Bertz CT molecular complexity index is 130. The van der Waals surface area contributed by atoms with Crippen molar-refractivity contribution in [1.82, 2.24) is 15.1 Å². The number of likely N-dealkylation sites (tertiary alicyclic amines) is 1. The highest BCUT2D eigenvalue weighted by molar-refractivity contribution is 4.66. The van der Waals surface area contributed by atoms with Crippen LogP contribution in [0.4, 0.5) is 0 Å². The lowest BCUT2D eigenvalue weighted by Crippen LogP contribution is -2.29. The molecule has 14 heavy (non-hydrogen) atoms. The van der Waals surface area contributed by atoms with E-state index in [1.165, 1.54) is 45.4 Å². The van der Waals surface area contributed by atoms with Gasteiger partial charge in [-0.05, 0) is 59.5 Å². The van der Waals surface area contributed by atoms with Gasteiger partial charge in [-0.2, -0.15) is 0 Å². The van der Waals surface area contributed by atoms with E-state index in [4.69, 9.17) is 0 Å². The van der Waals surface area contributed by atoms with Crippen molar-refractivity contribution in [2.24, 2.45) is 0 Å². The van der Waals surface area contributed by atoms with Crippen molar-refractivity contribution < 1.29 is 0 Å². The minimum Gasteiger partial charge on any atom is -0.315 e. The molecule has 0 aromatic heterocycles. The molecule has 0 spiro atoms. The van der Waals surface area contributed by atoms with Gasteiger partial charge in [0.25, 0.3) is 0 Å². The molecule has 0 aliphatic carbocycles. The first-order chi connectivity index (χ1) is 6.79. The van der Waals surface area contributed by atoms with Gasteiger partial charge < -0.3 is 15.1 Å². The van der Waals surface area contributed by atoms with Gasteiger partial charge in [0.15, 0.2) is 0 Å². The molecule has 0 amide bonds. The van der Waals surface area contributed by atoms with Crippen molar-refractivity contribution in [3.63, 3.8) is 0 Å². The number of rotatable bonds is 7. The Morgan fingerprint density at radius 3 is 2.50 bits per heavy atom. The van der Waals surface area contributed by atoms with E-state index in [9.17, 15) is 0 Å². The predicted octanol–water partition coefficient (Wildman–Crippen LogP) is 0.624. The molecular formula is C11H25N3. The summed E-state index contributed by atoms with van der Waals surface area (Å²) in [5.74, 6) is 0. The van der Waals surface area contributed by atoms with Crippen LogP contribution >= 0.6 is 0 Å². The van der Waals surface area contributed by atoms with Gasteiger partial charge in [-0.1, -0.05) is 0 Å². The Kier molecular flexibility index (Phi) is 6.15. The first-order valence-corrected chi connectivity index (χ1v) is 5.87. The van der Waals surface area contributed by atoms with Crippen molar-refractivity contribution in [1.29, 1.82) is 0 Å². The first-order valence-electron chi connectivity index (χ1n) is 5.87. The smallest absolute Gasteiger partial charge is 0.0101 e. The van der Waals surface area contributed by atoms with Crippen LogP contribution in [0, 0.1) is 0 Å². The monoisotopic (exact) mass is 199 g/mol. The minimum atomic E-state index is 1.12. The van der Waals surface area contributed by atoms with Crippen LogP contribution in [0.3, 0.4) is 0 Å². The lowest BCUT2D eigenvalue weighted by Gasteiger charge is -2.15. The highest BCUT2D eigenvalue weighted by Gasteiger charge is 2.09. The maximum absolute atomic E-state index is 3.47. The number of nitrogens with one attached hydrogen (secondary N) is 1. The van der Waals surface area contributed by atoms with Crippen LogP contribution in [0.1, 0.15) is 19.3 Å². The fraction of sp³-hybridized carbons (Fsp3) is 1.00. The van der Waals surface area contributed by atoms with Gasteiger partial charge in [-0.25, -0.2) is 0 Å². The summed E-state index contributed by atoms with van der Waals surface area (Å²) < 4.78 is 0. The molecule has 3 nitrogen and oxygen atoms in total. The standard InChI is InChI=1S/C11H25N3/c1-13(2)11-7-12-6-5-10-14-8-3-4-9-14/h12H,3-11H2,1-2H3.